The van der Waals surface area contributed by atoms with Crippen molar-refractivity contribution in [1.82, 2.24) is 15.2 Å². The first-order valence-corrected chi connectivity index (χ1v) is 9.18. The number of piperidine rings is 1. The zero-order chi connectivity index (χ0) is 18.5. The molecule has 0 spiro atoms. The predicted octanol–water partition coefficient (Wildman–Crippen LogP) is 3.10. The summed E-state index contributed by atoms with van der Waals surface area (Å²) in [6.07, 6.45) is 2.56. The topological polar surface area (TPSA) is 59.8 Å². The first kappa shape index (κ1) is 18.7. The van der Waals surface area contributed by atoms with Crippen molar-refractivity contribution in [3.63, 3.8) is 0 Å². The molecule has 1 aromatic heterocycles. The lowest BCUT2D eigenvalue weighted by molar-refractivity contribution is 0.235. The van der Waals surface area contributed by atoms with Gasteiger partial charge in [0.2, 0.25) is 5.89 Å². The van der Waals surface area contributed by atoms with Crippen molar-refractivity contribution in [2.24, 2.45) is 5.92 Å². The van der Waals surface area contributed by atoms with Gasteiger partial charge in [0, 0.05) is 13.1 Å². The van der Waals surface area contributed by atoms with Crippen LogP contribution >= 0.6 is 0 Å². The summed E-state index contributed by atoms with van der Waals surface area (Å²) in [6, 6.07) is 5.63. The lowest BCUT2D eigenvalue weighted by atomic mass is 9.99. The Morgan fingerprint density at radius 3 is 2.85 bits per heavy atom. The number of ether oxygens (including phenoxy) is 2. The summed E-state index contributed by atoms with van der Waals surface area (Å²) in [5.41, 5.74) is 1.77. The van der Waals surface area contributed by atoms with Gasteiger partial charge in [-0.2, -0.15) is 0 Å². The van der Waals surface area contributed by atoms with Gasteiger partial charge in [-0.05, 0) is 64.0 Å². The van der Waals surface area contributed by atoms with Crippen LogP contribution in [0.2, 0.25) is 0 Å². The summed E-state index contributed by atoms with van der Waals surface area (Å²) in [6.45, 7) is 6.06. The Morgan fingerprint density at radius 2 is 2.15 bits per heavy atom. The third-order valence-corrected chi connectivity index (χ3v) is 4.92. The molecule has 0 radical (unpaired) electrons. The molecule has 1 aliphatic rings. The Kier molecular flexibility index (Phi) is 6.16. The molecule has 26 heavy (non-hydrogen) atoms. The van der Waals surface area contributed by atoms with E-state index in [2.05, 4.69) is 17.3 Å². The highest BCUT2D eigenvalue weighted by Crippen LogP contribution is 2.34. The Balaban J connectivity index is 1.74. The Bertz CT molecular complexity index is 723. The Morgan fingerprint density at radius 1 is 1.31 bits per heavy atom. The third-order valence-electron chi connectivity index (χ3n) is 4.92. The molecule has 1 aliphatic heterocycles. The van der Waals surface area contributed by atoms with Crippen LogP contribution in [0.4, 0.5) is 0 Å². The minimum absolute atomic E-state index is 0.570. The van der Waals surface area contributed by atoms with Crippen molar-refractivity contribution in [3.8, 4) is 23.0 Å². The van der Waals surface area contributed by atoms with Crippen molar-refractivity contribution in [1.29, 1.82) is 0 Å². The van der Waals surface area contributed by atoms with Gasteiger partial charge >= 0.3 is 0 Å². The van der Waals surface area contributed by atoms with Crippen LogP contribution in [0.5, 0.6) is 11.5 Å². The quantitative estimate of drug-likeness (QED) is 0.820. The van der Waals surface area contributed by atoms with E-state index >= 15 is 0 Å². The standard InChI is InChI=1S/C20H29N3O3/c1-14-18(13-23(2)12-15-6-5-9-21-11-15)22-20(26-14)17-10-16(24-3)7-8-19(17)25-4/h7-8,10,15,21H,5-6,9,11-13H2,1-4H3/t15-/m1/s1. The summed E-state index contributed by atoms with van der Waals surface area (Å²) in [5.74, 6) is 3.60. The molecule has 0 aliphatic carbocycles. The number of hydrogen-bond acceptors (Lipinski definition) is 6. The molecular formula is C20H29N3O3. The number of aromatic nitrogens is 1. The van der Waals surface area contributed by atoms with Gasteiger partial charge in [0.15, 0.2) is 0 Å². The highest BCUT2D eigenvalue weighted by molar-refractivity contribution is 5.65. The minimum Gasteiger partial charge on any atom is -0.497 e. The summed E-state index contributed by atoms with van der Waals surface area (Å²) >= 11 is 0. The number of benzene rings is 1. The van der Waals surface area contributed by atoms with E-state index < -0.39 is 0 Å². The predicted molar refractivity (Wildman–Crippen MR) is 102 cm³/mol. The average Bonchev–Trinajstić information content (AvgIpc) is 3.02. The molecule has 2 heterocycles. The highest BCUT2D eigenvalue weighted by atomic mass is 16.5. The lowest BCUT2D eigenvalue weighted by Crippen LogP contribution is -2.36. The fourth-order valence-corrected chi connectivity index (χ4v) is 3.51. The summed E-state index contributed by atoms with van der Waals surface area (Å²) in [7, 11) is 5.44. The molecule has 2 aromatic rings. The maximum Gasteiger partial charge on any atom is 0.230 e. The van der Waals surface area contributed by atoms with E-state index in [1.54, 1.807) is 14.2 Å². The Hall–Kier alpha value is -2.05. The van der Waals surface area contributed by atoms with E-state index in [-0.39, 0.29) is 0 Å². The molecule has 0 amide bonds. The molecule has 1 aromatic carbocycles. The number of oxazole rings is 1. The number of rotatable bonds is 7. The normalized spacial score (nSPS) is 17.5. The summed E-state index contributed by atoms with van der Waals surface area (Å²) in [5, 5.41) is 3.48. The van der Waals surface area contributed by atoms with Crippen LogP contribution in [-0.2, 0) is 6.54 Å². The van der Waals surface area contributed by atoms with Crippen molar-refractivity contribution in [2.75, 3.05) is 40.9 Å². The van der Waals surface area contributed by atoms with Gasteiger partial charge in [0.25, 0.3) is 0 Å². The smallest absolute Gasteiger partial charge is 0.230 e. The van der Waals surface area contributed by atoms with Crippen LogP contribution in [0.3, 0.4) is 0 Å². The lowest BCUT2D eigenvalue weighted by Gasteiger charge is -2.27. The molecule has 1 saturated heterocycles. The van der Waals surface area contributed by atoms with Gasteiger partial charge in [0.1, 0.15) is 17.3 Å². The fourth-order valence-electron chi connectivity index (χ4n) is 3.51. The third kappa shape index (κ3) is 4.37. The molecule has 0 bridgehead atoms. The molecule has 1 fully saturated rings. The number of methoxy groups -OCH3 is 2. The van der Waals surface area contributed by atoms with Crippen molar-refractivity contribution in [2.45, 2.75) is 26.3 Å². The second-order valence-corrected chi connectivity index (χ2v) is 7.00. The molecule has 0 unspecified atom stereocenters. The summed E-state index contributed by atoms with van der Waals surface area (Å²) in [4.78, 5) is 7.07. The molecule has 142 valence electrons. The maximum atomic E-state index is 5.95. The van der Waals surface area contributed by atoms with Gasteiger partial charge in [-0.3, -0.25) is 0 Å². The largest absolute Gasteiger partial charge is 0.497 e. The van der Waals surface area contributed by atoms with Gasteiger partial charge in [0.05, 0.1) is 25.5 Å². The molecule has 0 saturated carbocycles. The van der Waals surface area contributed by atoms with E-state index in [1.165, 1.54) is 12.8 Å². The fraction of sp³-hybridized carbons (Fsp3) is 0.550. The highest BCUT2D eigenvalue weighted by Gasteiger charge is 2.19. The first-order chi connectivity index (χ1) is 12.6. The average molecular weight is 359 g/mol. The van der Waals surface area contributed by atoms with E-state index in [0.29, 0.717) is 11.8 Å². The molecule has 1 atom stereocenters. The second kappa shape index (κ2) is 8.56. The van der Waals surface area contributed by atoms with Gasteiger partial charge in [-0.25, -0.2) is 4.98 Å². The zero-order valence-electron chi connectivity index (χ0n) is 16.2. The van der Waals surface area contributed by atoms with Crippen LogP contribution in [0.25, 0.3) is 11.5 Å². The number of nitrogens with zero attached hydrogens (tertiary/aromatic N) is 2. The van der Waals surface area contributed by atoms with Gasteiger partial charge in [-0.1, -0.05) is 0 Å². The van der Waals surface area contributed by atoms with Crippen molar-refractivity contribution >= 4 is 0 Å². The number of hydrogen-bond donors (Lipinski definition) is 1. The molecule has 1 N–H and O–H groups in total. The number of aryl methyl sites for hydroxylation is 1. The van der Waals surface area contributed by atoms with E-state index in [0.717, 1.165) is 54.7 Å². The van der Waals surface area contributed by atoms with Crippen molar-refractivity contribution < 1.29 is 13.9 Å². The van der Waals surface area contributed by atoms with Crippen molar-refractivity contribution in [3.05, 3.63) is 29.7 Å². The SMILES string of the molecule is COc1ccc(OC)c(-c2nc(CN(C)C[C@@H]3CCCNC3)c(C)o2)c1. The summed E-state index contributed by atoms with van der Waals surface area (Å²) < 4.78 is 16.7. The minimum atomic E-state index is 0.570. The Labute approximate surface area is 155 Å². The molecular weight excluding hydrogens is 330 g/mol. The molecule has 6 heteroatoms. The number of nitrogens with one attached hydrogen (secondary N) is 1. The van der Waals surface area contributed by atoms with Crippen LogP contribution < -0.4 is 14.8 Å². The van der Waals surface area contributed by atoms with E-state index in [4.69, 9.17) is 18.9 Å². The van der Waals surface area contributed by atoms with E-state index in [9.17, 15) is 0 Å². The van der Waals surface area contributed by atoms with Crippen LogP contribution in [0.15, 0.2) is 22.6 Å². The first-order valence-electron chi connectivity index (χ1n) is 9.18. The monoisotopic (exact) mass is 359 g/mol. The van der Waals surface area contributed by atoms with E-state index in [1.807, 2.05) is 25.1 Å². The van der Waals surface area contributed by atoms with Crippen LogP contribution in [0, 0.1) is 12.8 Å². The molecule has 6 nitrogen and oxygen atoms in total. The zero-order valence-corrected chi connectivity index (χ0v) is 16.2. The van der Waals surface area contributed by atoms with Crippen LogP contribution in [-0.4, -0.2) is 50.8 Å². The van der Waals surface area contributed by atoms with Crippen LogP contribution in [0.1, 0.15) is 24.3 Å². The molecule has 3 rings (SSSR count). The van der Waals surface area contributed by atoms with Gasteiger partial charge in [-0.15, -0.1) is 0 Å². The second-order valence-electron chi connectivity index (χ2n) is 7.00. The van der Waals surface area contributed by atoms with Gasteiger partial charge < -0.3 is 24.1 Å². The maximum absolute atomic E-state index is 5.95.